The Morgan fingerprint density at radius 1 is 1.15 bits per heavy atom. The fourth-order valence-electron chi connectivity index (χ4n) is 2.42. The van der Waals surface area contributed by atoms with Gasteiger partial charge >= 0.3 is 12.1 Å². The highest BCUT2D eigenvalue weighted by atomic mass is 19.1. The molecule has 0 fully saturated rings. The minimum atomic E-state index is -0.851. The van der Waals surface area contributed by atoms with Crippen LogP contribution in [0.1, 0.15) is 40.2 Å². The van der Waals surface area contributed by atoms with Crippen LogP contribution >= 0.6 is 0 Å². The number of halogens is 1. The van der Waals surface area contributed by atoms with Crippen LogP contribution in [0.2, 0.25) is 0 Å². The SMILES string of the molecule is COC[C@@H](Cc1ccc(F)cc1)[C@H](C)OC(=O)[C@H](C)NC(=O)OC(C)(C)C. The molecule has 7 heteroatoms. The van der Waals surface area contributed by atoms with Gasteiger partial charge in [-0.2, -0.15) is 0 Å². The molecule has 1 amide bonds. The molecular formula is C20H30FNO5. The van der Waals surface area contributed by atoms with E-state index in [0.29, 0.717) is 13.0 Å². The van der Waals surface area contributed by atoms with E-state index in [1.165, 1.54) is 19.1 Å². The molecule has 0 saturated carbocycles. The number of hydrogen-bond acceptors (Lipinski definition) is 5. The molecule has 152 valence electrons. The van der Waals surface area contributed by atoms with Gasteiger partial charge < -0.3 is 19.5 Å². The second-order valence-corrected chi connectivity index (χ2v) is 7.56. The van der Waals surface area contributed by atoms with Gasteiger partial charge in [-0.1, -0.05) is 12.1 Å². The molecule has 0 unspecified atom stereocenters. The van der Waals surface area contributed by atoms with Gasteiger partial charge in [0.25, 0.3) is 0 Å². The Labute approximate surface area is 160 Å². The summed E-state index contributed by atoms with van der Waals surface area (Å²) >= 11 is 0. The van der Waals surface area contributed by atoms with E-state index in [2.05, 4.69) is 5.32 Å². The minimum Gasteiger partial charge on any atom is -0.461 e. The summed E-state index contributed by atoms with van der Waals surface area (Å²) in [6.45, 7) is 8.89. The average molecular weight is 383 g/mol. The first-order valence-electron chi connectivity index (χ1n) is 8.95. The molecule has 1 rings (SSSR count). The Balaban J connectivity index is 2.63. The number of hydrogen-bond donors (Lipinski definition) is 1. The van der Waals surface area contributed by atoms with Gasteiger partial charge in [-0.15, -0.1) is 0 Å². The number of carbonyl (C=O) groups is 2. The second kappa shape index (κ2) is 10.3. The van der Waals surface area contributed by atoms with Crippen molar-refractivity contribution < 1.29 is 28.2 Å². The first-order valence-corrected chi connectivity index (χ1v) is 8.95. The third-order valence-electron chi connectivity index (χ3n) is 3.84. The highest BCUT2D eigenvalue weighted by Gasteiger charge is 2.26. The predicted molar refractivity (Wildman–Crippen MR) is 99.9 cm³/mol. The summed E-state index contributed by atoms with van der Waals surface area (Å²) in [6, 6.07) is 5.32. The van der Waals surface area contributed by atoms with Crippen LogP contribution < -0.4 is 5.32 Å². The number of carbonyl (C=O) groups excluding carboxylic acids is 2. The van der Waals surface area contributed by atoms with Crippen molar-refractivity contribution in [2.45, 2.75) is 58.8 Å². The van der Waals surface area contributed by atoms with Crippen LogP contribution in [0.4, 0.5) is 9.18 Å². The zero-order chi connectivity index (χ0) is 20.6. The maximum absolute atomic E-state index is 13.1. The third kappa shape index (κ3) is 8.86. The van der Waals surface area contributed by atoms with Crippen LogP contribution in [-0.2, 0) is 25.4 Å². The molecule has 6 nitrogen and oxygen atoms in total. The predicted octanol–water partition coefficient (Wildman–Crippen LogP) is 3.48. The molecule has 0 bridgehead atoms. The molecule has 0 saturated heterocycles. The molecule has 0 radical (unpaired) electrons. The van der Waals surface area contributed by atoms with Crippen molar-refractivity contribution in [1.82, 2.24) is 5.32 Å². The first kappa shape index (κ1) is 22.9. The molecule has 0 aromatic heterocycles. The van der Waals surface area contributed by atoms with Crippen molar-refractivity contribution in [3.8, 4) is 0 Å². The van der Waals surface area contributed by atoms with Crippen LogP contribution in [0.25, 0.3) is 0 Å². The Hall–Kier alpha value is -2.15. The maximum Gasteiger partial charge on any atom is 0.408 e. The monoisotopic (exact) mass is 383 g/mol. The van der Waals surface area contributed by atoms with E-state index in [1.54, 1.807) is 46.9 Å². The third-order valence-corrected chi connectivity index (χ3v) is 3.84. The summed E-state index contributed by atoms with van der Waals surface area (Å²) in [5, 5.41) is 2.46. The molecule has 1 N–H and O–H groups in total. The highest BCUT2D eigenvalue weighted by Crippen LogP contribution is 2.17. The molecule has 0 heterocycles. The van der Waals surface area contributed by atoms with Crippen LogP contribution in [-0.4, -0.2) is 43.5 Å². The van der Waals surface area contributed by atoms with Crippen molar-refractivity contribution in [2.24, 2.45) is 5.92 Å². The average Bonchev–Trinajstić information content (AvgIpc) is 2.54. The number of methoxy groups -OCH3 is 1. The molecule has 1 aromatic rings. The Morgan fingerprint density at radius 3 is 2.26 bits per heavy atom. The summed E-state index contributed by atoms with van der Waals surface area (Å²) in [4.78, 5) is 24.1. The molecule has 27 heavy (non-hydrogen) atoms. The van der Waals surface area contributed by atoms with Crippen LogP contribution in [0.5, 0.6) is 0 Å². The Kier molecular flexibility index (Phi) is 8.69. The summed E-state index contributed by atoms with van der Waals surface area (Å²) in [5.41, 5.74) is 0.265. The summed E-state index contributed by atoms with van der Waals surface area (Å²) < 4.78 is 28.9. The Bertz CT molecular complexity index is 612. The van der Waals surface area contributed by atoms with E-state index in [9.17, 15) is 14.0 Å². The second-order valence-electron chi connectivity index (χ2n) is 7.56. The van der Waals surface area contributed by atoms with Crippen LogP contribution in [0.15, 0.2) is 24.3 Å². The molecular weight excluding hydrogens is 353 g/mol. The van der Waals surface area contributed by atoms with Crippen molar-refractivity contribution in [3.63, 3.8) is 0 Å². The first-order chi connectivity index (χ1) is 12.5. The summed E-state index contributed by atoms with van der Waals surface area (Å²) in [7, 11) is 1.57. The number of amides is 1. The fraction of sp³-hybridized carbons (Fsp3) is 0.600. The van der Waals surface area contributed by atoms with Gasteiger partial charge in [0.05, 0.1) is 6.61 Å². The van der Waals surface area contributed by atoms with Gasteiger partial charge in [-0.25, -0.2) is 14.0 Å². The lowest BCUT2D eigenvalue weighted by Crippen LogP contribution is -2.44. The van der Waals surface area contributed by atoms with Gasteiger partial charge in [0.1, 0.15) is 23.6 Å². The normalized spacial score (nSPS) is 14.8. The van der Waals surface area contributed by atoms with E-state index in [4.69, 9.17) is 14.2 Å². The summed E-state index contributed by atoms with van der Waals surface area (Å²) in [6.07, 6.45) is -0.569. The van der Waals surface area contributed by atoms with Gasteiger partial charge in [0, 0.05) is 13.0 Å². The number of esters is 1. The van der Waals surface area contributed by atoms with Crippen molar-refractivity contribution >= 4 is 12.1 Å². The summed E-state index contributed by atoms with van der Waals surface area (Å²) in [5.74, 6) is -0.977. The molecule has 3 atom stereocenters. The lowest BCUT2D eigenvalue weighted by atomic mass is 9.95. The van der Waals surface area contributed by atoms with Gasteiger partial charge in [0.15, 0.2) is 0 Å². The van der Waals surface area contributed by atoms with Gasteiger partial charge in [-0.05, 0) is 58.7 Å². The smallest absolute Gasteiger partial charge is 0.408 e. The highest BCUT2D eigenvalue weighted by molar-refractivity contribution is 5.81. The van der Waals surface area contributed by atoms with E-state index < -0.39 is 29.8 Å². The van der Waals surface area contributed by atoms with Crippen molar-refractivity contribution in [1.29, 1.82) is 0 Å². The van der Waals surface area contributed by atoms with E-state index >= 15 is 0 Å². The van der Waals surface area contributed by atoms with Crippen LogP contribution in [0, 0.1) is 11.7 Å². The number of ether oxygens (including phenoxy) is 3. The zero-order valence-electron chi connectivity index (χ0n) is 16.9. The number of nitrogens with one attached hydrogen (secondary N) is 1. The van der Waals surface area contributed by atoms with Crippen molar-refractivity contribution in [3.05, 3.63) is 35.6 Å². The molecule has 0 aliphatic rings. The molecule has 0 aliphatic heterocycles. The maximum atomic E-state index is 13.1. The van der Waals surface area contributed by atoms with E-state index in [1.807, 2.05) is 0 Å². The quantitative estimate of drug-likeness (QED) is 0.696. The molecule has 0 aliphatic carbocycles. The van der Waals surface area contributed by atoms with Gasteiger partial charge in [0.2, 0.25) is 0 Å². The van der Waals surface area contributed by atoms with Crippen molar-refractivity contribution in [2.75, 3.05) is 13.7 Å². The number of rotatable bonds is 8. The number of benzene rings is 1. The minimum absolute atomic E-state index is 0.113. The Morgan fingerprint density at radius 2 is 1.74 bits per heavy atom. The molecule has 0 spiro atoms. The number of alkyl carbamates (subject to hydrolysis) is 1. The fourth-order valence-corrected chi connectivity index (χ4v) is 2.42. The van der Waals surface area contributed by atoms with Crippen LogP contribution in [0.3, 0.4) is 0 Å². The van der Waals surface area contributed by atoms with Gasteiger partial charge in [-0.3, -0.25) is 0 Å². The molecule has 1 aromatic carbocycles. The van der Waals surface area contributed by atoms with E-state index in [0.717, 1.165) is 5.56 Å². The zero-order valence-corrected chi connectivity index (χ0v) is 16.9. The van der Waals surface area contributed by atoms with E-state index in [-0.39, 0.29) is 11.7 Å². The lowest BCUT2D eigenvalue weighted by molar-refractivity contribution is -0.153. The largest absolute Gasteiger partial charge is 0.461 e. The lowest BCUT2D eigenvalue weighted by Gasteiger charge is -2.26. The topological polar surface area (TPSA) is 73.9 Å². The standard InChI is InChI=1S/C20H30FNO5/c1-13(22-19(24)27-20(3,4)5)18(23)26-14(2)16(12-25-6)11-15-7-9-17(21)10-8-15/h7-10,13-14,16H,11-12H2,1-6H3,(H,22,24)/t13-,14-,16+/m0/s1.